The highest BCUT2D eigenvalue weighted by molar-refractivity contribution is 6.09. The molecule has 1 aromatic carbocycles. The van der Waals surface area contributed by atoms with Crippen LogP contribution in [0.5, 0.6) is 0 Å². The van der Waals surface area contributed by atoms with Crippen molar-refractivity contribution in [1.29, 1.82) is 0 Å². The highest BCUT2D eigenvalue weighted by atomic mass is 16.3. The molecule has 1 fully saturated rings. The zero-order valence-corrected chi connectivity index (χ0v) is 22.0. The highest BCUT2D eigenvalue weighted by Crippen LogP contribution is 2.40. The fraction of sp³-hybridized carbons (Fsp3) is 0.464. The van der Waals surface area contributed by atoms with Gasteiger partial charge >= 0.3 is 0 Å². The van der Waals surface area contributed by atoms with Gasteiger partial charge in [-0.15, -0.1) is 0 Å². The fourth-order valence-electron chi connectivity index (χ4n) is 5.28. The lowest BCUT2D eigenvalue weighted by Crippen LogP contribution is -2.22. The lowest BCUT2D eigenvalue weighted by molar-refractivity contribution is -0.112. The third-order valence-electron chi connectivity index (χ3n) is 7.27. The lowest BCUT2D eigenvalue weighted by Gasteiger charge is -2.27. The van der Waals surface area contributed by atoms with Gasteiger partial charge in [0.25, 0.3) is 5.91 Å². The van der Waals surface area contributed by atoms with Crippen LogP contribution in [0.1, 0.15) is 88.0 Å². The Morgan fingerprint density at radius 1 is 1.14 bits per heavy atom. The first-order chi connectivity index (χ1) is 17.5. The van der Waals surface area contributed by atoms with E-state index in [-0.39, 0.29) is 23.3 Å². The summed E-state index contributed by atoms with van der Waals surface area (Å²) >= 11 is 0. The number of aldehydes is 1. The summed E-state index contributed by atoms with van der Waals surface area (Å²) in [6.45, 7) is 9.78. The molecular weight excluding hydrogens is 468 g/mol. The van der Waals surface area contributed by atoms with Crippen LogP contribution >= 0.6 is 0 Å². The van der Waals surface area contributed by atoms with Crippen LogP contribution in [0.25, 0.3) is 16.6 Å². The Balaban J connectivity index is 1.63. The van der Waals surface area contributed by atoms with Crippen LogP contribution < -0.4 is 5.32 Å². The van der Waals surface area contributed by atoms with Crippen LogP contribution in [0.15, 0.2) is 36.8 Å². The quantitative estimate of drug-likeness (QED) is 0.380. The van der Waals surface area contributed by atoms with Crippen molar-refractivity contribution in [1.82, 2.24) is 24.4 Å². The zero-order chi connectivity index (χ0) is 26.5. The van der Waals surface area contributed by atoms with E-state index in [9.17, 15) is 14.7 Å². The van der Waals surface area contributed by atoms with E-state index in [1.807, 2.05) is 12.1 Å². The van der Waals surface area contributed by atoms with Gasteiger partial charge in [0.1, 0.15) is 11.8 Å². The summed E-state index contributed by atoms with van der Waals surface area (Å²) in [5.41, 5.74) is 2.31. The highest BCUT2D eigenvalue weighted by Gasteiger charge is 2.31. The van der Waals surface area contributed by atoms with Gasteiger partial charge in [-0.05, 0) is 57.7 Å². The normalized spacial score (nSPS) is 18.9. The lowest BCUT2D eigenvalue weighted by atomic mass is 9.86. The fourth-order valence-corrected chi connectivity index (χ4v) is 5.28. The van der Waals surface area contributed by atoms with Gasteiger partial charge in [-0.1, -0.05) is 20.8 Å². The molecule has 5 rings (SSSR count). The van der Waals surface area contributed by atoms with Crippen molar-refractivity contribution < 1.29 is 14.7 Å². The van der Waals surface area contributed by atoms with Crippen LogP contribution in [0.2, 0.25) is 0 Å². The number of nitrogens with zero attached hydrogens (tertiary/aromatic N) is 5. The number of carbonyl (C=O) groups excluding carboxylic acids is 2. The molecule has 0 unspecified atom stereocenters. The summed E-state index contributed by atoms with van der Waals surface area (Å²) < 4.78 is 3.63. The molecule has 1 aliphatic carbocycles. The monoisotopic (exact) mass is 502 g/mol. The molecule has 37 heavy (non-hydrogen) atoms. The summed E-state index contributed by atoms with van der Waals surface area (Å²) in [5, 5.41) is 24.4. The molecule has 0 radical (unpaired) electrons. The summed E-state index contributed by atoms with van der Waals surface area (Å²) in [7, 11) is 0. The maximum absolute atomic E-state index is 13.4. The van der Waals surface area contributed by atoms with Crippen molar-refractivity contribution >= 4 is 34.4 Å². The Hall–Kier alpha value is -3.59. The molecule has 4 aromatic rings. The first kappa shape index (κ1) is 25.1. The van der Waals surface area contributed by atoms with Gasteiger partial charge in [-0.3, -0.25) is 9.48 Å². The molecule has 3 aromatic heterocycles. The molecule has 0 saturated heterocycles. The van der Waals surface area contributed by atoms with Gasteiger partial charge in [0.05, 0.1) is 29.1 Å². The van der Waals surface area contributed by atoms with Gasteiger partial charge in [0.2, 0.25) is 0 Å². The Labute approximate surface area is 215 Å². The van der Waals surface area contributed by atoms with Crippen molar-refractivity contribution in [2.24, 2.45) is 5.92 Å². The molecule has 2 N–H and O–H groups in total. The SMILES string of the molecule is CC(C)(C)c1nn(C2CCC(C=O)CC2)c2cc(C(C)(C)O)c(NC(=O)c3cnn4cccnc34)cc12. The predicted molar refractivity (Wildman–Crippen MR) is 142 cm³/mol. The molecule has 9 heteroatoms. The Bertz CT molecular complexity index is 1480. The van der Waals surface area contributed by atoms with E-state index < -0.39 is 5.60 Å². The van der Waals surface area contributed by atoms with Gasteiger partial charge < -0.3 is 15.2 Å². The van der Waals surface area contributed by atoms with Gasteiger partial charge in [0.15, 0.2) is 5.65 Å². The van der Waals surface area contributed by atoms with Gasteiger partial charge in [-0.2, -0.15) is 10.2 Å². The van der Waals surface area contributed by atoms with E-state index in [1.165, 1.54) is 6.20 Å². The van der Waals surface area contributed by atoms with E-state index in [1.54, 1.807) is 36.8 Å². The molecular formula is C28H34N6O3. The number of rotatable bonds is 5. The zero-order valence-electron chi connectivity index (χ0n) is 22.0. The largest absolute Gasteiger partial charge is 0.386 e. The number of anilines is 1. The first-order valence-corrected chi connectivity index (χ1v) is 12.8. The second-order valence-corrected chi connectivity index (χ2v) is 11.6. The van der Waals surface area contributed by atoms with Crippen LogP contribution in [-0.2, 0) is 15.8 Å². The van der Waals surface area contributed by atoms with Gasteiger partial charge in [0, 0.05) is 40.4 Å². The molecule has 1 amide bonds. The number of benzene rings is 1. The Kier molecular flexibility index (Phi) is 6.14. The minimum atomic E-state index is -1.22. The van der Waals surface area contributed by atoms with Gasteiger partial charge in [-0.25, -0.2) is 9.50 Å². The Morgan fingerprint density at radius 3 is 2.51 bits per heavy atom. The number of carbonyl (C=O) groups is 2. The standard InChI is InChI=1S/C28H34N6O3/c1-27(2,3)24-19-13-22(31-26(36)20-15-30-33-12-6-11-29-25(20)33)21(28(4,5)37)14-23(19)34(32-24)18-9-7-17(16-35)8-10-18/h6,11-18,37H,7-10H2,1-5H3,(H,31,36). The van der Waals surface area contributed by atoms with E-state index in [2.05, 4.69) is 40.9 Å². The van der Waals surface area contributed by atoms with E-state index >= 15 is 0 Å². The maximum Gasteiger partial charge on any atom is 0.261 e. The maximum atomic E-state index is 13.4. The third kappa shape index (κ3) is 4.64. The molecule has 9 nitrogen and oxygen atoms in total. The average molecular weight is 503 g/mol. The van der Waals surface area contributed by atoms with Crippen LogP contribution in [0, 0.1) is 5.92 Å². The second-order valence-electron chi connectivity index (χ2n) is 11.6. The second kappa shape index (κ2) is 9.06. The number of fused-ring (bicyclic) bond motifs is 2. The van der Waals surface area contributed by atoms with Crippen LogP contribution in [0.4, 0.5) is 5.69 Å². The topological polar surface area (TPSA) is 114 Å². The molecule has 1 saturated carbocycles. The molecule has 194 valence electrons. The van der Waals surface area contributed by atoms with Crippen LogP contribution in [0.3, 0.4) is 0 Å². The van der Waals surface area contributed by atoms with Crippen molar-refractivity contribution in [2.45, 2.75) is 77.4 Å². The summed E-state index contributed by atoms with van der Waals surface area (Å²) in [5.74, 6) is -0.237. The average Bonchev–Trinajstić information content (AvgIpc) is 3.44. The molecule has 0 aliphatic heterocycles. The number of hydrogen-bond acceptors (Lipinski definition) is 6. The smallest absolute Gasteiger partial charge is 0.261 e. The molecule has 3 heterocycles. The predicted octanol–water partition coefficient (Wildman–Crippen LogP) is 4.79. The van der Waals surface area contributed by atoms with Crippen LogP contribution in [-0.4, -0.2) is 41.7 Å². The number of hydrogen-bond donors (Lipinski definition) is 2. The van der Waals surface area contributed by atoms with Crippen molar-refractivity contribution in [3.8, 4) is 0 Å². The number of amides is 1. The molecule has 0 atom stereocenters. The van der Waals surface area contributed by atoms with Crippen molar-refractivity contribution in [3.63, 3.8) is 0 Å². The van der Waals surface area contributed by atoms with Crippen molar-refractivity contribution in [3.05, 3.63) is 53.6 Å². The summed E-state index contributed by atoms with van der Waals surface area (Å²) in [4.78, 5) is 29.0. The number of aromatic nitrogens is 5. The minimum Gasteiger partial charge on any atom is -0.386 e. The van der Waals surface area contributed by atoms with E-state index in [0.29, 0.717) is 22.5 Å². The summed E-state index contributed by atoms with van der Waals surface area (Å²) in [6.07, 6.45) is 9.37. The number of aliphatic hydroxyl groups is 1. The van der Waals surface area contributed by atoms with E-state index in [0.717, 1.165) is 48.6 Å². The van der Waals surface area contributed by atoms with E-state index in [4.69, 9.17) is 5.10 Å². The number of nitrogens with one attached hydrogen (secondary N) is 1. The minimum absolute atomic E-state index is 0.114. The molecule has 0 spiro atoms. The first-order valence-electron chi connectivity index (χ1n) is 12.8. The molecule has 1 aliphatic rings. The molecule has 0 bridgehead atoms. The Morgan fingerprint density at radius 2 is 1.86 bits per heavy atom. The van der Waals surface area contributed by atoms with Crippen molar-refractivity contribution in [2.75, 3.05) is 5.32 Å². The third-order valence-corrected chi connectivity index (χ3v) is 7.27. The summed E-state index contributed by atoms with van der Waals surface area (Å²) in [6, 6.07) is 5.81.